The minimum Gasteiger partial charge on any atom is -0.291 e. The van der Waals surface area contributed by atoms with E-state index >= 15 is 0 Å². The summed E-state index contributed by atoms with van der Waals surface area (Å²) in [6.45, 7) is 1.95. The minimum atomic E-state index is 0.0688. The summed E-state index contributed by atoms with van der Waals surface area (Å²) in [5.41, 5.74) is 0.975. The zero-order valence-corrected chi connectivity index (χ0v) is 9.12. The summed E-state index contributed by atoms with van der Waals surface area (Å²) < 4.78 is 0. The van der Waals surface area contributed by atoms with E-state index in [4.69, 9.17) is 0 Å². The van der Waals surface area contributed by atoms with E-state index in [2.05, 4.69) is 9.97 Å². The first-order chi connectivity index (χ1) is 7.25. The van der Waals surface area contributed by atoms with Gasteiger partial charge in [-0.2, -0.15) is 0 Å². The first-order valence-electron chi connectivity index (χ1n) is 4.60. The van der Waals surface area contributed by atoms with Gasteiger partial charge in [0.2, 0.25) is 0 Å². The first kappa shape index (κ1) is 9.98. The number of nitrogens with zero attached hydrogens (tertiary/aromatic N) is 2. The maximum absolute atomic E-state index is 11.8. The molecule has 0 unspecified atom stereocenters. The van der Waals surface area contributed by atoms with E-state index in [9.17, 15) is 4.79 Å². The highest BCUT2D eigenvalue weighted by atomic mass is 32.1. The van der Waals surface area contributed by atoms with Crippen LogP contribution in [0.25, 0.3) is 0 Å². The molecular weight excluding hydrogens is 208 g/mol. The Hall–Kier alpha value is -1.55. The first-order valence-corrected chi connectivity index (χ1v) is 5.42. The number of ketones is 1. The Morgan fingerprint density at radius 3 is 2.73 bits per heavy atom. The molecule has 2 aromatic rings. The number of Topliss-reactive ketones (excluding diaryl/α,β-unsaturated/α-hetero) is 1. The lowest BCUT2D eigenvalue weighted by Crippen LogP contribution is -2.02. The summed E-state index contributed by atoms with van der Waals surface area (Å²) in [6, 6.07) is 3.69. The molecule has 2 aromatic heterocycles. The molecule has 0 atom stereocenters. The maximum Gasteiger partial charge on any atom is 0.195 e. The molecule has 0 bridgehead atoms. The molecule has 0 spiro atoms. The van der Waals surface area contributed by atoms with Gasteiger partial charge in [-0.25, -0.2) is 4.98 Å². The molecule has 0 N–H and O–H groups in total. The number of hydrogen-bond acceptors (Lipinski definition) is 4. The van der Waals surface area contributed by atoms with Crippen molar-refractivity contribution in [2.75, 3.05) is 0 Å². The molecule has 0 aromatic carbocycles. The van der Waals surface area contributed by atoms with E-state index in [1.54, 1.807) is 18.6 Å². The lowest BCUT2D eigenvalue weighted by Gasteiger charge is -1.96. The zero-order valence-electron chi connectivity index (χ0n) is 8.30. The molecule has 0 aliphatic carbocycles. The molecule has 0 aliphatic heterocycles. The highest BCUT2D eigenvalue weighted by Gasteiger charge is 2.10. The smallest absolute Gasteiger partial charge is 0.195 e. The molecule has 3 nitrogen and oxygen atoms in total. The lowest BCUT2D eigenvalue weighted by atomic mass is 10.1. The van der Waals surface area contributed by atoms with E-state index < -0.39 is 0 Å². The topological polar surface area (TPSA) is 42.9 Å². The normalized spacial score (nSPS) is 10.2. The van der Waals surface area contributed by atoms with Crippen LogP contribution in [0.4, 0.5) is 0 Å². The monoisotopic (exact) mass is 218 g/mol. The Morgan fingerprint density at radius 1 is 1.40 bits per heavy atom. The van der Waals surface area contributed by atoms with Gasteiger partial charge in [-0.05, 0) is 24.6 Å². The number of carbonyl (C=O) groups excluding carboxylic acids is 1. The largest absolute Gasteiger partial charge is 0.291 e. The SMILES string of the molecule is Cc1cnc(C(=O)Cc2ccncc2)s1. The van der Waals surface area contributed by atoms with E-state index in [1.807, 2.05) is 19.1 Å². The van der Waals surface area contributed by atoms with Crippen molar-refractivity contribution in [1.29, 1.82) is 0 Å². The molecule has 0 saturated heterocycles. The fourth-order valence-electron chi connectivity index (χ4n) is 1.25. The van der Waals surface area contributed by atoms with Crippen LogP contribution in [0.15, 0.2) is 30.7 Å². The standard InChI is InChI=1S/C11H10N2OS/c1-8-7-13-11(15-8)10(14)6-9-2-4-12-5-3-9/h2-5,7H,6H2,1H3. The summed E-state index contributed by atoms with van der Waals surface area (Å²) in [7, 11) is 0. The van der Waals surface area contributed by atoms with Gasteiger partial charge in [-0.15, -0.1) is 11.3 Å². The Bertz CT molecular complexity index is 464. The summed E-state index contributed by atoms with van der Waals surface area (Å²) >= 11 is 1.44. The molecule has 76 valence electrons. The number of rotatable bonds is 3. The number of carbonyl (C=O) groups is 1. The van der Waals surface area contributed by atoms with Crippen LogP contribution in [0, 0.1) is 6.92 Å². The molecule has 0 radical (unpaired) electrons. The third kappa shape index (κ3) is 2.47. The second-order valence-electron chi connectivity index (χ2n) is 3.23. The maximum atomic E-state index is 11.8. The summed E-state index contributed by atoms with van der Waals surface area (Å²) in [5, 5.41) is 0.587. The van der Waals surface area contributed by atoms with Crippen LogP contribution in [-0.4, -0.2) is 15.8 Å². The van der Waals surface area contributed by atoms with Crippen molar-refractivity contribution < 1.29 is 4.79 Å². The Labute approximate surface area is 91.8 Å². The number of thiazole rings is 1. The van der Waals surface area contributed by atoms with Crippen molar-refractivity contribution in [2.24, 2.45) is 0 Å². The van der Waals surface area contributed by atoms with Crippen LogP contribution in [0.3, 0.4) is 0 Å². The summed E-state index contributed by atoms with van der Waals surface area (Å²) in [4.78, 5) is 20.8. The summed E-state index contributed by atoms with van der Waals surface area (Å²) in [5.74, 6) is 0.0688. The van der Waals surface area contributed by atoms with Crippen LogP contribution < -0.4 is 0 Å². The average Bonchev–Trinajstić information content (AvgIpc) is 2.66. The number of pyridine rings is 1. The van der Waals surface area contributed by atoms with Gasteiger partial charge in [0.25, 0.3) is 0 Å². The molecule has 0 aliphatic rings. The van der Waals surface area contributed by atoms with Crippen LogP contribution in [0.5, 0.6) is 0 Å². The van der Waals surface area contributed by atoms with Crippen molar-refractivity contribution in [2.45, 2.75) is 13.3 Å². The molecule has 2 heterocycles. The number of aromatic nitrogens is 2. The predicted molar refractivity (Wildman–Crippen MR) is 59.1 cm³/mol. The third-order valence-electron chi connectivity index (χ3n) is 1.97. The summed E-state index contributed by atoms with van der Waals surface area (Å²) in [6.07, 6.45) is 5.51. The molecule has 4 heteroatoms. The van der Waals surface area contributed by atoms with Gasteiger partial charge < -0.3 is 0 Å². The van der Waals surface area contributed by atoms with Crippen LogP contribution >= 0.6 is 11.3 Å². The fraction of sp³-hybridized carbons (Fsp3) is 0.182. The molecule has 2 rings (SSSR count). The Morgan fingerprint density at radius 2 is 2.13 bits per heavy atom. The number of hydrogen-bond donors (Lipinski definition) is 0. The second-order valence-corrected chi connectivity index (χ2v) is 4.47. The van der Waals surface area contributed by atoms with Crippen molar-refractivity contribution in [3.8, 4) is 0 Å². The van der Waals surface area contributed by atoms with Gasteiger partial charge in [0.1, 0.15) is 0 Å². The average molecular weight is 218 g/mol. The highest BCUT2D eigenvalue weighted by Crippen LogP contribution is 2.13. The minimum absolute atomic E-state index is 0.0688. The molecular formula is C11H10N2OS. The highest BCUT2D eigenvalue weighted by molar-refractivity contribution is 7.13. The van der Waals surface area contributed by atoms with Crippen molar-refractivity contribution in [3.05, 3.63) is 46.2 Å². The number of aryl methyl sites for hydroxylation is 1. The Balaban J connectivity index is 2.11. The van der Waals surface area contributed by atoms with Crippen LogP contribution in [-0.2, 0) is 6.42 Å². The van der Waals surface area contributed by atoms with Crippen molar-refractivity contribution in [3.63, 3.8) is 0 Å². The Kier molecular flexibility index (Phi) is 2.87. The quantitative estimate of drug-likeness (QED) is 0.742. The third-order valence-corrected chi connectivity index (χ3v) is 2.93. The predicted octanol–water partition coefficient (Wildman–Crippen LogP) is 2.27. The van der Waals surface area contributed by atoms with Crippen molar-refractivity contribution >= 4 is 17.1 Å². The molecule has 0 saturated carbocycles. The molecule has 15 heavy (non-hydrogen) atoms. The van der Waals surface area contributed by atoms with E-state index in [-0.39, 0.29) is 5.78 Å². The van der Waals surface area contributed by atoms with E-state index in [0.717, 1.165) is 10.4 Å². The fourth-order valence-corrected chi connectivity index (χ4v) is 1.95. The van der Waals surface area contributed by atoms with Gasteiger partial charge >= 0.3 is 0 Å². The van der Waals surface area contributed by atoms with E-state index in [1.165, 1.54) is 11.3 Å². The van der Waals surface area contributed by atoms with Crippen LogP contribution in [0.1, 0.15) is 20.2 Å². The second kappa shape index (κ2) is 4.31. The van der Waals surface area contributed by atoms with Crippen LogP contribution in [0.2, 0.25) is 0 Å². The van der Waals surface area contributed by atoms with Gasteiger partial charge in [0.05, 0.1) is 0 Å². The van der Waals surface area contributed by atoms with Gasteiger partial charge in [-0.3, -0.25) is 9.78 Å². The lowest BCUT2D eigenvalue weighted by molar-refractivity contribution is 0.0992. The van der Waals surface area contributed by atoms with E-state index in [0.29, 0.717) is 11.4 Å². The van der Waals surface area contributed by atoms with Gasteiger partial charge in [-0.1, -0.05) is 0 Å². The van der Waals surface area contributed by atoms with Gasteiger partial charge in [0.15, 0.2) is 10.8 Å². The van der Waals surface area contributed by atoms with Crippen molar-refractivity contribution in [1.82, 2.24) is 9.97 Å². The van der Waals surface area contributed by atoms with Gasteiger partial charge in [0, 0.05) is 29.9 Å². The molecule has 0 fully saturated rings. The molecule has 0 amide bonds. The zero-order chi connectivity index (χ0) is 10.7.